The van der Waals surface area contributed by atoms with Crippen molar-refractivity contribution < 1.29 is 19.5 Å². The number of aryl methyl sites for hydroxylation is 1. The van der Waals surface area contributed by atoms with Gasteiger partial charge in [-0.1, -0.05) is 54.6 Å². The summed E-state index contributed by atoms with van der Waals surface area (Å²) >= 11 is 1.48. The van der Waals surface area contributed by atoms with Crippen LogP contribution in [0.3, 0.4) is 0 Å². The van der Waals surface area contributed by atoms with E-state index in [1.165, 1.54) is 29.1 Å². The molecule has 8 nitrogen and oxygen atoms in total. The van der Waals surface area contributed by atoms with Crippen LogP contribution < -0.4 is 10.6 Å². The normalized spacial score (nSPS) is 17.7. The molecular formula is C30H34N4O4S. The van der Waals surface area contributed by atoms with E-state index in [2.05, 4.69) is 15.6 Å². The summed E-state index contributed by atoms with van der Waals surface area (Å²) in [4.78, 5) is 45.5. The molecular weight excluding hydrogens is 512 g/mol. The molecule has 1 saturated heterocycles. The van der Waals surface area contributed by atoms with E-state index in [1.54, 1.807) is 12.1 Å². The van der Waals surface area contributed by atoms with Crippen LogP contribution in [0.15, 0.2) is 79.1 Å². The molecule has 3 atom stereocenters. The number of hydrogen-bond donors (Lipinski definition) is 3. The van der Waals surface area contributed by atoms with Gasteiger partial charge in [0, 0.05) is 29.2 Å². The number of aliphatic hydroxyl groups is 1. The van der Waals surface area contributed by atoms with Gasteiger partial charge < -0.3 is 20.6 Å². The predicted molar refractivity (Wildman–Crippen MR) is 152 cm³/mol. The van der Waals surface area contributed by atoms with E-state index in [0.29, 0.717) is 12.1 Å². The van der Waals surface area contributed by atoms with Gasteiger partial charge in [0.1, 0.15) is 6.04 Å². The molecule has 1 fully saturated rings. The van der Waals surface area contributed by atoms with Crippen molar-refractivity contribution in [3.8, 4) is 0 Å². The Hall–Kier alpha value is -3.69. The smallest absolute Gasteiger partial charge is 0.254 e. The van der Waals surface area contributed by atoms with Crippen LogP contribution in [-0.2, 0) is 22.6 Å². The van der Waals surface area contributed by atoms with Gasteiger partial charge in [-0.25, -0.2) is 0 Å². The van der Waals surface area contributed by atoms with E-state index in [9.17, 15) is 19.5 Å². The lowest BCUT2D eigenvalue weighted by Gasteiger charge is -2.33. The third kappa shape index (κ3) is 6.85. The van der Waals surface area contributed by atoms with Gasteiger partial charge in [-0.15, -0.1) is 11.8 Å². The molecule has 3 N–H and O–H groups in total. The van der Waals surface area contributed by atoms with Gasteiger partial charge in [0.2, 0.25) is 5.91 Å². The van der Waals surface area contributed by atoms with Crippen molar-refractivity contribution in [2.24, 2.45) is 0 Å². The predicted octanol–water partition coefficient (Wildman–Crippen LogP) is 3.09. The molecule has 3 aromatic rings. The molecule has 0 radical (unpaired) electrons. The molecule has 204 valence electrons. The fourth-order valence-corrected chi connectivity index (χ4v) is 5.85. The van der Waals surface area contributed by atoms with E-state index in [-0.39, 0.29) is 18.2 Å². The second-order valence-electron chi connectivity index (χ2n) is 10.2. The summed E-state index contributed by atoms with van der Waals surface area (Å²) in [6.07, 6.45) is 1.69. The summed E-state index contributed by atoms with van der Waals surface area (Å²) in [6.45, 7) is 6.16. The molecule has 1 aromatic heterocycles. The van der Waals surface area contributed by atoms with E-state index in [1.807, 2.05) is 75.4 Å². The lowest BCUT2D eigenvalue weighted by Crippen LogP contribution is -2.58. The number of pyridine rings is 1. The zero-order chi connectivity index (χ0) is 28.0. The van der Waals surface area contributed by atoms with Crippen molar-refractivity contribution in [3.05, 3.63) is 101 Å². The molecule has 4 rings (SSSR count). The third-order valence-electron chi connectivity index (χ3n) is 6.98. The lowest BCUT2D eigenvalue weighted by atomic mass is 9.97. The number of aromatic nitrogens is 1. The Morgan fingerprint density at radius 2 is 1.72 bits per heavy atom. The summed E-state index contributed by atoms with van der Waals surface area (Å²) in [7, 11) is 0. The van der Waals surface area contributed by atoms with Crippen LogP contribution in [-0.4, -0.2) is 61.5 Å². The van der Waals surface area contributed by atoms with Crippen molar-refractivity contribution in [3.63, 3.8) is 0 Å². The van der Waals surface area contributed by atoms with Gasteiger partial charge in [0.05, 0.1) is 11.9 Å². The quantitative estimate of drug-likeness (QED) is 0.380. The maximum Gasteiger partial charge on any atom is 0.254 e. The Kier molecular flexibility index (Phi) is 9.04. The highest BCUT2D eigenvalue weighted by atomic mass is 32.2. The molecule has 39 heavy (non-hydrogen) atoms. The number of amides is 3. The minimum atomic E-state index is -1.56. The van der Waals surface area contributed by atoms with Crippen LogP contribution >= 0.6 is 11.8 Å². The fourth-order valence-electron chi connectivity index (χ4n) is 4.71. The SMILES string of the molecule is Cc1ccccc1CNC(=O)[C@H]1N(C(=O)[C@@H](O)[C@H](Cc2ccccc2)NC(=O)c2ccncc2)CSC1(C)C. The van der Waals surface area contributed by atoms with Crippen LogP contribution in [0.25, 0.3) is 0 Å². The zero-order valence-electron chi connectivity index (χ0n) is 22.3. The molecule has 0 unspecified atom stereocenters. The molecule has 2 heterocycles. The summed E-state index contributed by atoms with van der Waals surface area (Å²) in [5.74, 6) is -1.05. The maximum atomic E-state index is 13.7. The lowest BCUT2D eigenvalue weighted by molar-refractivity contribution is -0.147. The largest absolute Gasteiger partial charge is 0.381 e. The van der Waals surface area contributed by atoms with Gasteiger partial charge in [0.15, 0.2) is 6.10 Å². The number of carbonyl (C=O) groups excluding carboxylic acids is 3. The number of nitrogens with zero attached hydrogens (tertiary/aromatic N) is 2. The van der Waals surface area contributed by atoms with Crippen molar-refractivity contribution in [2.75, 3.05) is 5.88 Å². The highest BCUT2D eigenvalue weighted by Gasteiger charge is 2.49. The minimum absolute atomic E-state index is 0.235. The summed E-state index contributed by atoms with van der Waals surface area (Å²) in [5.41, 5.74) is 3.28. The summed E-state index contributed by atoms with van der Waals surface area (Å²) < 4.78 is -0.569. The molecule has 0 aliphatic carbocycles. The maximum absolute atomic E-state index is 13.7. The molecule has 0 bridgehead atoms. The Labute approximate surface area is 233 Å². The number of rotatable bonds is 9. The number of benzene rings is 2. The fraction of sp³-hybridized carbons (Fsp3) is 0.333. The van der Waals surface area contributed by atoms with Crippen LogP contribution in [0.1, 0.15) is 40.9 Å². The molecule has 9 heteroatoms. The van der Waals surface area contributed by atoms with Gasteiger partial charge >= 0.3 is 0 Å². The van der Waals surface area contributed by atoms with E-state index in [0.717, 1.165) is 16.7 Å². The molecule has 0 spiro atoms. The Balaban J connectivity index is 1.53. The molecule has 2 aromatic carbocycles. The highest BCUT2D eigenvalue weighted by molar-refractivity contribution is 8.00. The van der Waals surface area contributed by atoms with Crippen molar-refractivity contribution >= 4 is 29.5 Å². The Bertz CT molecular complexity index is 1300. The molecule has 1 aliphatic heterocycles. The molecule has 1 aliphatic rings. The van der Waals surface area contributed by atoms with Gasteiger partial charge in [-0.2, -0.15) is 0 Å². The topological polar surface area (TPSA) is 112 Å². The number of hydrogen-bond acceptors (Lipinski definition) is 6. The number of thioether (sulfide) groups is 1. The van der Waals surface area contributed by atoms with Crippen LogP contribution in [0.2, 0.25) is 0 Å². The molecule has 3 amide bonds. The van der Waals surface area contributed by atoms with Gasteiger partial charge in [0.25, 0.3) is 11.8 Å². The first-order valence-corrected chi connectivity index (χ1v) is 13.9. The first kappa shape index (κ1) is 28.3. The Morgan fingerprint density at radius 3 is 2.41 bits per heavy atom. The first-order chi connectivity index (χ1) is 18.7. The first-order valence-electron chi connectivity index (χ1n) is 12.9. The highest BCUT2D eigenvalue weighted by Crippen LogP contribution is 2.40. The number of carbonyl (C=O) groups is 3. The summed E-state index contributed by atoms with van der Waals surface area (Å²) in [5, 5.41) is 17.2. The minimum Gasteiger partial charge on any atom is -0.381 e. The average molecular weight is 547 g/mol. The van der Waals surface area contributed by atoms with Crippen molar-refractivity contribution in [1.82, 2.24) is 20.5 Å². The number of nitrogens with one attached hydrogen (secondary N) is 2. The second kappa shape index (κ2) is 12.4. The van der Waals surface area contributed by atoms with E-state index < -0.39 is 34.7 Å². The second-order valence-corrected chi connectivity index (χ2v) is 11.8. The Morgan fingerprint density at radius 1 is 1.05 bits per heavy atom. The van der Waals surface area contributed by atoms with Crippen LogP contribution in [0.4, 0.5) is 0 Å². The zero-order valence-corrected chi connectivity index (χ0v) is 23.2. The van der Waals surface area contributed by atoms with Gasteiger partial charge in [-0.05, 0) is 56.0 Å². The third-order valence-corrected chi connectivity index (χ3v) is 8.36. The van der Waals surface area contributed by atoms with Crippen LogP contribution in [0, 0.1) is 6.92 Å². The monoisotopic (exact) mass is 546 g/mol. The van der Waals surface area contributed by atoms with E-state index >= 15 is 0 Å². The van der Waals surface area contributed by atoms with Crippen molar-refractivity contribution in [1.29, 1.82) is 0 Å². The average Bonchev–Trinajstić information content (AvgIpc) is 3.27. The van der Waals surface area contributed by atoms with Gasteiger partial charge in [-0.3, -0.25) is 19.4 Å². The summed E-state index contributed by atoms with van der Waals surface area (Å²) in [6, 6.07) is 18.6. The molecule has 0 saturated carbocycles. The standard InChI is InChI=1S/C30H34N4O4S/c1-20-9-7-8-12-23(20)18-32-28(37)26-30(2,3)39-19-34(26)29(38)25(35)24(17-21-10-5-4-6-11-21)33-27(36)22-13-15-31-16-14-22/h4-16,24-26,35H,17-19H2,1-3H3,(H,32,37)(H,33,36)/t24-,25-,26+/m0/s1. The van der Waals surface area contributed by atoms with E-state index in [4.69, 9.17) is 0 Å². The van der Waals surface area contributed by atoms with Crippen LogP contribution in [0.5, 0.6) is 0 Å². The van der Waals surface area contributed by atoms with Crippen molar-refractivity contribution in [2.45, 2.75) is 56.7 Å². The number of aliphatic hydroxyl groups excluding tert-OH is 1.